The second kappa shape index (κ2) is 7.91. The van der Waals surface area contributed by atoms with Crippen LogP contribution in [0.3, 0.4) is 0 Å². The molecular formula is C19H25BrN2O4S. The van der Waals surface area contributed by atoms with E-state index in [0.29, 0.717) is 25.3 Å². The fourth-order valence-electron chi connectivity index (χ4n) is 3.85. The van der Waals surface area contributed by atoms with Gasteiger partial charge in [0, 0.05) is 17.4 Å². The van der Waals surface area contributed by atoms with E-state index in [1.807, 2.05) is 0 Å². The van der Waals surface area contributed by atoms with Gasteiger partial charge >= 0.3 is 0 Å². The highest BCUT2D eigenvalue weighted by Gasteiger charge is 2.50. The molecule has 1 aromatic rings. The maximum Gasteiger partial charge on any atom is 0.264 e. The van der Waals surface area contributed by atoms with Crippen LogP contribution >= 0.6 is 15.9 Å². The lowest BCUT2D eigenvalue weighted by atomic mass is 9.82. The SMILES string of the molecule is CC1(C(=O)NS(=O)(=O)c2ccc(Br)cc2)CCN1C(=O)CC1CCCCC1. The highest BCUT2D eigenvalue weighted by Crippen LogP contribution is 2.34. The van der Waals surface area contributed by atoms with E-state index in [9.17, 15) is 18.0 Å². The number of nitrogens with one attached hydrogen (secondary N) is 1. The van der Waals surface area contributed by atoms with Crippen LogP contribution in [0.2, 0.25) is 0 Å². The Kier molecular flexibility index (Phi) is 5.96. The molecule has 1 aromatic carbocycles. The van der Waals surface area contributed by atoms with Crippen molar-refractivity contribution in [3.05, 3.63) is 28.7 Å². The normalized spacial score (nSPS) is 23.6. The van der Waals surface area contributed by atoms with Gasteiger partial charge in [-0.05, 0) is 56.4 Å². The third-order valence-corrected chi connectivity index (χ3v) is 7.62. The van der Waals surface area contributed by atoms with Crippen molar-refractivity contribution in [1.82, 2.24) is 9.62 Å². The van der Waals surface area contributed by atoms with E-state index in [4.69, 9.17) is 0 Å². The molecule has 27 heavy (non-hydrogen) atoms. The summed E-state index contributed by atoms with van der Waals surface area (Å²) < 4.78 is 27.9. The largest absolute Gasteiger partial charge is 0.328 e. The molecule has 3 rings (SSSR count). The summed E-state index contributed by atoms with van der Waals surface area (Å²) in [6.07, 6.45) is 6.55. The summed E-state index contributed by atoms with van der Waals surface area (Å²) in [7, 11) is -3.97. The Hall–Kier alpha value is -1.41. The Morgan fingerprint density at radius 3 is 2.37 bits per heavy atom. The number of carbonyl (C=O) groups is 2. The molecule has 0 bridgehead atoms. The standard InChI is InChI=1S/C19H25BrN2O4S/c1-19(11-12-22(19)17(23)13-14-5-3-2-4-6-14)18(24)21-27(25,26)16-9-7-15(20)8-10-16/h7-10,14H,2-6,11-13H2,1H3,(H,21,24). The zero-order valence-electron chi connectivity index (χ0n) is 15.4. The summed E-state index contributed by atoms with van der Waals surface area (Å²) in [5, 5.41) is 0. The van der Waals surface area contributed by atoms with Crippen LogP contribution in [0.5, 0.6) is 0 Å². The minimum atomic E-state index is -3.97. The molecule has 1 saturated heterocycles. The van der Waals surface area contributed by atoms with Gasteiger partial charge < -0.3 is 4.90 Å². The Morgan fingerprint density at radius 2 is 1.81 bits per heavy atom. The Labute approximate surface area is 168 Å². The molecule has 0 radical (unpaired) electrons. The Morgan fingerprint density at radius 1 is 1.19 bits per heavy atom. The number of halogens is 1. The number of likely N-dealkylation sites (tertiary alicyclic amines) is 1. The first kappa shape index (κ1) is 20.3. The molecule has 0 aromatic heterocycles. The first-order valence-electron chi connectivity index (χ1n) is 9.36. The van der Waals surface area contributed by atoms with E-state index < -0.39 is 21.5 Å². The number of sulfonamides is 1. The third kappa shape index (κ3) is 4.37. The average molecular weight is 457 g/mol. The third-order valence-electron chi connectivity index (χ3n) is 5.75. The first-order valence-corrected chi connectivity index (χ1v) is 11.6. The average Bonchev–Trinajstić information content (AvgIpc) is 2.60. The smallest absolute Gasteiger partial charge is 0.264 e. The van der Waals surface area contributed by atoms with Crippen molar-refractivity contribution in [3.63, 3.8) is 0 Å². The quantitative estimate of drug-likeness (QED) is 0.736. The van der Waals surface area contributed by atoms with E-state index in [2.05, 4.69) is 20.7 Å². The van der Waals surface area contributed by atoms with Gasteiger partial charge in [-0.3, -0.25) is 9.59 Å². The zero-order chi connectivity index (χ0) is 19.7. The van der Waals surface area contributed by atoms with Gasteiger partial charge in [0.2, 0.25) is 5.91 Å². The maximum atomic E-state index is 12.7. The van der Waals surface area contributed by atoms with Crippen molar-refractivity contribution in [3.8, 4) is 0 Å². The van der Waals surface area contributed by atoms with Gasteiger partial charge in [-0.25, -0.2) is 13.1 Å². The maximum absolute atomic E-state index is 12.7. The van der Waals surface area contributed by atoms with E-state index >= 15 is 0 Å². The van der Waals surface area contributed by atoms with Gasteiger partial charge in [0.1, 0.15) is 5.54 Å². The summed E-state index contributed by atoms with van der Waals surface area (Å²) in [6.45, 7) is 2.13. The topological polar surface area (TPSA) is 83.6 Å². The van der Waals surface area contributed by atoms with E-state index in [1.54, 1.807) is 19.1 Å². The van der Waals surface area contributed by atoms with Crippen molar-refractivity contribution >= 4 is 37.8 Å². The van der Waals surface area contributed by atoms with Crippen LogP contribution in [0, 0.1) is 5.92 Å². The second-order valence-corrected chi connectivity index (χ2v) is 10.3. The van der Waals surface area contributed by atoms with Crippen LogP contribution < -0.4 is 4.72 Å². The number of nitrogens with zero attached hydrogens (tertiary/aromatic N) is 1. The number of benzene rings is 1. The van der Waals surface area contributed by atoms with E-state index in [-0.39, 0.29) is 10.8 Å². The predicted octanol–water partition coefficient (Wildman–Crippen LogP) is 3.22. The molecule has 2 amide bonds. The van der Waals surface area contributed by atoms with Crippen molar-refractivity contribution in [2.45, 2.75) is 62.3 Å². The lowest BCUT2D eigenvalue weighted by molar-refractivity contribution is -0.157. The van der Waals surface area contributed by atoms with Gasteiger partial charge in [0.05, 0.1) is 4.90 Å². The van der Waals surface area contributed by atoms with Crippen molar-refractivity contribution in [1.29, 1.82) is 0 Å². The van der Waals surface area contributed by atoms with Crippen molar-refractivity contribution in [2.75, 3.05) is 6.54 Å². The summed E-state index contributed by atoms with van der Waals surface area (Å²) in [5.41, 5.74) is -1.10. The minimum Gasteiger partial charge on any atom is -0.328 e. The number of rotatable bonds is 5. The number of hydrogen-bond donors (Lipinski definition) is 1. The van der Waals surface area contributed by atoms with E-state index in [0.717, 1.165) is 30.2 Å². The Balaban J connectivity index is 1.66. The summed E-state index contributed by atoms with van der Waals surface area (Å²) in [4.78, 5) is 26.9. The van der Waals surface area contributed by atoms with Gasteiger partial charge in [-0.15, -0.1) is 0 Å². The van der Waals surface area contributed by atoms with Crippen molar-refractivity contribution in [2.24, 2.45) is 5.92 Å². The molecule has 6 nitrogen and oxygen atoms in total. The molecular weight excluding hydrogens is 432 g/mol. The minimum absolute atomic E-state index is 0.0158. The molecule has 1 aliphatic carbocycles. The van der Waals surface area contributed by atoms with Crippen LogP contribution in [0.25, 0.3) is 0 Å². The second-order valence-electron chi connectivity index (χ2n) is 7.67. The number of hydrogen-bond acceptors (Lipinski definition) is 4. The lowest BCUT2D eigenvalue weighted by Gasteiger charge is -2.49. The summed E-state index contributed by atoms with van der Waals surface area (Å²) >= 11 is 3.25. The van der Waals surface area contributed by atoms with Crippen LogP contribution in [0.15, 0.2) is 33.6 Å². The summed E-state index contributed by atoms with van der Waals surface area (Å²) in [6, 6.07) is 6.05. The van der Waals surface area contributed by atoms with Gasteiger partial charge in [0.15, 0.2) is 0 Å². The number of carbonyl (C=O) groups excluding carboxylic acids is 2. The molecule has 148 valence electrons. The predicted molar refractivity (Wildman–Crippen MR) is 105 cm³/mol. The van der Waals surface area contributed by atoms with Crippen molar-refractivity contribution < 1.29 is 18.0 Å². The molecule has 1 aliphatic heterocycles. The lowest BCUT2D eigenvalue weighted by Crippen LogP contribution is -2.68. The van der Waals surface area contributed by atoms with Gasteiger partial charge in [0.25, 0.3) is 15.9 Å². The Bertz CT molecular complexity index is 819. The molecule has 1 N–H and O–H groups in total. The molecule has 1 unspecified atom stereocenters. The zero-order valence-corrected chi connectivity index (χ0v) is 17.8. The van der Waals surface area contributed by atoms with Crippen LogP contribution in [0.1, 0.15) is 51.9 Å². The first-order chi connectivity index (χ1) is 12.7. The highest BCUT2D eigenvalue weighted by molar-refractivity contribution is 9.10. The fourth-order valence-corrected chi connectivity index (χ4v) is 5.19. The molecule has 0 spiro atoms. The monoisotopic (exact) mass is 456 g/mol. The van der Waals surface area contributed by atoms with Gasteiger partial charge in [-0.1, -0.05) is 35.2 Å². The fraction of sp³-hybridized carbons (Fsp3) is 0.579. The molecule has 2 fully saturated rings. The van der Waals surface area contributed by atoms with Gasteiger partial charge in [-0.2, -0.15) is 0 Å². The highest BCUT2D eigenvalue weighted by atomic mass is 79.9. The van der Waals surface area contributed by atoms with Crippen LogP contribution in [-0.4, -0.2) is 37.2 Å². The van der Waals surface area contributed by atoms with E-state index in [1.165, 1.54) is 23.5 Å². The molecule has 1 atom stereocenters. The number of amides is 2. The molecule has 8 heteroatoms. The summed E-state index contributed by atoms with van der Waals surface area (Å²) in [5.74, 6) is -0.314. The molecule has 2 aliphatic rings. The molecule has 1 saturated carbocycles. The molecule has 1 heterocycles. The van der Waals surface area contributed by atoms with Crippen LogP contribution in [-0.2, 0) is 19.6 Å². The van der Waals surface area contributed by atoms with Crippen LogP contribution in [0.4, 0.5) is 0 Å².